The molecule has 8 heteroatoms. The van der Waals surface area contributed by atoms with E-state index in [1.807, 2.05) is 30.3 Å². The molecule has 5 rings (SSSR count). The van der Waals surface area contributed by atoms with E-state index in [0.717, 1.165) is 49.5 Å². The Bertz CT molecular complexity index is 1350. The molecule has 2 heterocycles. The number of hydrogen-bond acceptors (Lipinski definition) is 6. The lowest BCUT2D eigenvalue weighted by Gasteiger charge is -2.27. The van der Waals surface area contributed by atoms with Crippen molar-refractivity contribution in [3.63, 3.8) is 0 Å². The average Bonchev–Trinajstić information content (AvgIpc) is 3.34. The second-order valence-electron chi connectivity index (χ2n) is 8.65. The molecular weight excluding hydrogens is 494 g/mol. The molecular formula is C28H26ClN3O3S. The molecule has 1 aromatic heterocycles. The SMILES string of the molecule is O=C(c1ccccc1)c1ccc(C(=O)N(CCCN2CCOCC2)c2nc3ccc(Cl)cc3s2)cc1. The monoisotopic (exact) mass is 519 g/mol. The highest BCUT2D eigenvalue weighted by Gasteiger charge is 2.22. The summed E-state index contributed by atoms with van der Waals surface area (Å²) in [7, 11) is 0. The zero-order valence-electron chi connectivity index (χ0n) is 19.7. The lowest BCUT2D eigenvalue weighted by atomic mass is 10.0. The largest absolute Gasteiger partial charge is 0.379 e. The molecule has 0 bridgehead atoms. The Morgan fingerprint density at radius 2 is 1.64 bits per heavy atom. The summed E-state index contributed by atoms with van der Waals surface area (Å²) in [6.45, 7) is 4.72. The highest BCUT2D eigenvalue weighted by atomic mass is 35.5. The molecule has 0 spiro atoms. The van der Waals surface area contributed by atoms with Crippen LogP contribution in [0.15, 0.2) is 72.8 Å². The van der Waals surface area contributed by atoms with Crippen molar-refractivity contribution in [2.24, 2.45) is 0 Å². The number of fused-ring (bicyclic) bond motifs is 1. The van der Waals surface area contributed by atoms with E-state index in [4.69, 9.17) is 21.3 Å². The van der Waals surface area contributed by atoms with Crippen LogP contribution in [0.1, 0.15) is 32.7 Å². The van der Waals surface area contributed by atoms with Crippen LogP contribution in [0.2, 0.25) is 5.02 Å². The van der Waals surface area contributed by atoms with Crippen LogP contribution in [0, 0.1) is 0 Å². The first kappa shape index (κ1) is 24.6. The van der Waals surface area contributed by atoms with Gasteiger partial charge >= 0.3 is 0 Å². The zero-order chi connectivity index (χ0) is 24.9. The number of hydrogen-bond donors (Lipinski definition) is 0. The third-order valence-corrected chi connectivity index (χ3v) is 7.48. The van der Waals surface area contributed by atoms with Gasteiger partial charge in [0.25, 0.3) is 5.91 Å². The first-order chi connectivity index (χ1) is 17.6. The summed E-state index contributed by atoms with van der Waals surface area (Å²) in [4.78, 5) is 35.3. The Hall–Kier alpha value is -3.10. The molecule has 0 unspecified atom stereocenters. The molecule has 3 aromatic carbocycles. The Morgan fingerprint density at radius 1 is 0.944 bits per heavy atom. The van der Waals surface area contributed by atoms with Gasteiger partial charge in [0.2, 0.25) is 0 Å². The molecule has 4 aromatic rings. The summed E-state index contributed by atoms with van der Waals surface area (Å²) < 4.78 is 6.38. The maximum Gasteiger partial charge on any atom is 0.260 e. The summed E-state index contributed by atoms with van der Waals surface area (Å²) in [5.74, 6) is -0.208. The van der Waals surface area contributed by atoms with Gasteiger partial charge in [0.05, 0.1) is 23.4 Å². The van der Waals surface area contributed by atoms with E-state index < -0.39 is 0 Å². The van der Waals surface area contributed by atoms with E-state index in [1.165, 1.54) is 11.3 Å². The van der Waals surface area contributed by atoms with E-state index in [1.54, 1.807) is 47.4 Å². The van der Waals surface area contributed by atoms with Crippen molar-refractivity contribution in [3.8, 4) is 0 Å². The van der Waals surface area contributed by atoms with E-state index >= 15 is 0 Å². The van der Waals surface area contributed by atoms with Crippen molar-refractivity contribution in [1.29, 1.82) is 0 Å². The molecule has 36 heavy (non-hydrogen) atoms. The van der Waals surface area contributed by atoms with Crippen LogP contribution in [0.5, 0.6) is 0 Å². The topological polar surface area (TPSA) is 62.7 Å². The van der Waals surface area contributed by atoms with Crippen LogP contribution in [-0.2, 0) is 4.74 Å². The number of ether oxygens (including phenoxy) is 1. The standard InChI is InChI=1S/C28H26ClN3O3S/c29-23-11-12-24-25(19-23)36-28(30-24)32(14-4-13-31-15-17-35-18-16-31)27(34)22-9-7-21(8-10-22)26(33)20-5-2-1-3-6-20/h1-3,5-12,19H,4,13-18H2. The van der Waals surface area contributed by atoms with E-state index in [-0.39, 0.29) is 11.7 Å². The number of aromatic nitrogens is 1. The second kappa shape index (κ2) is 11.3. The van der Waals surface area contributed by atoms with Gasteiger partial charge in [0.1, 0.15) is 0 Å². The quantitative estimate of drug-likeness (QED) is 0.286. The molecule has 0 radical (unpaired) electrons. The summed E-state index contributed by atoms with van der Waals surface area (Å²) in [5, 5.41) is 1.28. The molecule has 1 amide bonds. The Kier molecular flexibility index (Phi) is 7.72. The van der Waals surface area contributed by atoms with Gasteiger partial charge in [-0.05, 0) is 36.8 Å². The summed E-state index contributed by atoms with van der Waals surface area (Å²) >= 11 is 7.63. The molecule has 0 N–H and O–H groups in total. The number of rotatable bonds is 8. The van der Waals surface area contributed by atoms with Crippen LogP contribution < -0.4 is 4.90 Å². The Balaban J connectivity index is 1.37. The van der Waals surface area contributed by atoms with Gasteiger partial charge in [0, 0.05) is 47.9 Å². The Morgan fingerprint density at radius 3 is 2.39 bits per heavy atom. The smallest absolute Gasteiger partial charge is 0.260 e. The molecule has 0 aliphatic carbocycles. The minimum Gasteiger partial charge on any atom is -0.379 e. The van der Waals surface area contributed by atoms with Gasteiger partial charge in [-0.25, -0.2) is 4.98 Å². The first-order valence-electron chi connectivity index (χ1n) is 12.0. The van der Waals surface area contributed by atoms with E-state index in [2.05, 4.69) is 4.90 Å². The molecule has 6 nitrogen and oxygen atoms in total. The highest BCUT2D eigenvalue weighted by molar-refractivity contribution is 7.22. The first-order valence-corrected chi connectivity index (χ1v) is 13.2. The minimum absolute atomic E-state index is 0.0694. The van der Waals surface area contributed by atoms with Crippen molar-refractivity contribution in [3.05, 3.63) is 94.5 Å². The predicted molar refractivity (Wildman–Crippen MR) is 144 cm³/mol. The fourth-order valence-electron chi connectivity index (χ4n) is 4.24. The molecule has 1 aliphatic heterocycles. The number of thiazole rings is 1. The van der Waals surface area contributed by atoms with Crippen LogP contribution >= 0.6 is 22.9 Å². The number of ketones is 1. The van der Waals surface area contributed by atoms with Gasteiger partial charge in [-0.3, -0.25) is 19.4 Å². The number of anilines is 1. The van der Waals surface area contributed by atoms with Crippen LogP contribution in [0.3, 0.4) is 0 Å². The average molecular weight is 520 g/mol. The van der Waals surface area contributed by atoms with Crippen molar-refractivity contribution in [2.75, 3.05) is 44.3 Å². The maximum atomic E-state index is 13.7. The summed E-state index contributed by atoms with van der Waals surface area (Å²) in [6, 6.07) is 21.6. The summed E-state index contributed by atoms with van der Waals surface area (Å²) in [5.41, 5.74) is 2.50. The number of halogens is 1. The molecule has 1 saturated heterocycles. The number of benzene rings is 3. The normalized spacial score (nSPS) is 14.1. The summed E-state index contributed by atoms with van der Waals surface area (Å²) in [6.07, 6.45) is 0.812. The number of amides is 1. The van der Waals surface area contributed by atoms with Crippen LogP contribution in [0.4, 0.5) is 5.13 Å². The van der Waals surface area contributed by atoms with Crippen molar-refractivity contribution in [1.82, 2.24) is 9.88 Å². The lowest BCUT2D eigenvalue weighted by molar-refractivity contribution is 0.0376. The molecule has 1 fully saturated rings. The minimum atomic E-state index is -0.138. The van der Waals surface area contributed by atoms with E-state index in [9.17, 15) is 9.59 Å². The number of carbonyl (C=O) groups is 2. The number of morpholine rings is 1. The third kappa shape index (κ3) is 5.65. The Labute approximate surface area is 219 Å². The molecule has 184 valence electrons. The van der Waals surface area contributed by atoms with Crippen molar-refractivity contribution in [2.45, 2.75) is 6.42 Å². The van der Waals surface area contributed by atoms with Crippen LogP contribution in [-0.4, -0.2) is 61.0 Å². The molecule has 0 saturated carbocycles. The molecule has 0 atom stereocenters. The highest BCUT2D eigenvalue weighted by Crippen LogP contribution is 2.32. The van der Waals surface area contributed by atoms with Gasteiger partial charge in [-0.15, -0.1) is 0 Å². The second-order valence-corrected chi connectivity index (χ2v) is 10.1. The maximum absolute atomic E-state index is 13.7. The van der Waals surface area contributed by atoms with Crippen molar-refractivity contribution >= 4 is 50.0 Å². The third-order valence-electron chi connectivity index (χ3n) is 6.21. The fourth-order valence-corrected chi connectivity index (χ4v) is 5.51. The number of carbonyl (C=O) groups excluding carboxylic acids is 2. The lowest BCUT2D eigenvalue weighted by Crippen LogP contribution is -2.39. The van der Waals surface area contributed by atoms with Gasteiger partial charge in [-0.2, -0.15) is 0 Å². The predicted octanol–water partition coefficient (Wildman–Crippen LogP) is 5.55. The van der Waals surface area contributed by atoms with Crippen LogP contribution in [0.25, 0.3) is 10.2 Å². The fraction of sp³-hybridized carbons (Fsp3) is 0.250. The van der Waals surface area contributed by atoms with Crippen molar-refractivity contribution < 1.29 is 14.3 Å². The molecule has 1 aliphatic rings. The van der Waals surface area contributed by atoms with E-state index in [0.29, 0.717) is 33.4 Å². The number of nitrogens with zero attached hydrogens (tertiary/aromatic N) is 3. The van der Waals surface area contributed by atoms with Gasteiger partial charge in [0.15, 0.2) is 10.9 Å². The zero-order valence-corrected chi connectivity index (χ0v) is 21.3. The van der Waals surface area contributed by atoms with Gasteiger partial charge in [-0.1, -0.05) is 65.4 Å². The van der Waals surface area contributed by atoms with Gasteiger partial charge < -0.3 is 4.74 Å².